The number of hydrogen-bond donors (Lipinski definition) is 15. The zero-order valence-electron chi connectivity index (χ0n) is 50.0. The molecule has 0 bridgehead atoms. The number of aliphatic hydroxyl groups is 15. The highest BCUT2D eigenvalue weighted by molar-refractivity contribution is 5.80. The number of fused-ring (bicyclic) bond motifs is 7. The monoisotopic (exact) mass is 1220 g/mol. The van der Waals surface area contributed by atoms with Crippen LogP contribution < -0.4 is 0 Å². The van der Waals surface area contributed by atoms with Crippen molar-refractivity contribution in [1.29, 1.82) is 0 Å². The Balaban J connectivity index is 0.858. The van der Waals surface area contributed by atoms with Gasteiger partial charge in [0.25, 0.3) is 0 Å². The Bertz CT molecular complexity index is 2390. The van der Waals surface area contributed by atoms with Crippen LogP contribution in [-0.4, -0.2) is 262 Å². The predicted octanol–water partition coefficient (Wildman–Crippen LogP) is -2.55. The van der Waals surface area contributed by atoms with E-state index in [1.807, 2.05) is 6.92 Å². The number of carbonyl (C=O) groups excluding carboxylic acids is 1. The van der Waals surface area contributed by atoms with Gasteiger partial charge in [-0.25, -0.2) is 0 Å². The van der Waals surface area contributed by atoms with Crippen LogP contribution >= 0.6 is 0 Å². The van der Waals surface area contributed by atoms with Crippen molar-refractivity contribution in [3.63, 3.8) is 0 Å². The summed E-state index contributed by atoms with van der Waals surface area (Å²) in [4.78, 5) is 15.5. The molecule has 15 N–H and O–H groups in total. The molecule has 10 rings (SSSR count). The fourth-order valence-electron chi connectivity index (χ4n) is 17.7. The maximum atomic E-state index is 15.5. The first kappa shape index (κ1) is 66.2. The topological polar surface area (TPSA) is 413 Å². The minimum absolute atomic E-state index is 0.0293. The lowest BCUT2D eigenvalue weighted by atomic mass is 9.33. The fourth-order valence-corrected chi connectivity index (χ4v) is 17.7. The van der Waals surface area contributed by atoms with E-state index in [1.54, 1.807) is 0 Å². The zero-order valence-corrected chi connectivity index (χ0v) is 50.0. The highest BCUT2D eigenvalue weighted by atomic mass is 16.8. The summed E-state index contributed by atoms with van der Waals surface area (Å²) in [5.41, 5.74) is -3.09. The van der Waals surface area contributed by atoms with E-state index < -0.39 is 206 Å². The normalized spacial score (nSPS) is 56.1. The predicted molar refractivity (Wildman–Crippen MR) is 288 cm³/mol. The molecule has 26 heteroatoms. The summed E-state index contributed by atoms with van der Waals surface area (Å²) in [6.07, 6.45) is -32.7. The molecule has 4 saturated carbocycles. The number of hydrogen-bond acceptors (Lipinski definition) is 26. The molecular formula is C59H96O26. The van der Waals surface area contributed by atoms with E-state index in [0.717, 1.165) is 5.57 Å². The first-order valence-electron chi connectivity index (χ1n) is 30.6. The molecule has 26 nitrogen and oxygen atoms in total. The molecule has 0 aromatic carbocycles. The van der Waals surface area contributed by atoms with Gasteiger partial charge in [0.1, 0.15) is 97.0 Å². The van der Waals surface area contributed by atoms with Gasteiger partial charge in [0.2, 0.25) is 6.29 Å². The van der Waals surface area contributed by atoms with Crippen LogP contribution in [-0.2, 0) is 52.2 Å². The second-order valence-electron chi connectivity index (χ2n) is 28.5. The number of ether oxygens (including phenoxy) is 10. The Hall–Kier alpha value is -1.75. The Morgan fingerprint density at radius 2 is 1.12 bits per heavy atom. The van der Waals surface area contributed by atoms with Crippen molar-refractivity contribution in [3.8, 4) is 0 Å². The highest BCUT2D eigenvalue weighted by Crippen LogP contribution is 2.76. The summed E-state index contributed by atoms with van der Waals surface area (Å²) >= 11 is 0. The Morgan fingerprint density at radius 3 is 1.76 bits per heavy atom. The molecule has 34 atom stereocenters. The smallest absolute Gasteiger partial charge is 0.317 e. The van der Waals surface area contributed by atoms with E-state index in [-0.39, 0.29) is 42.1 Å². The molecule has 10 aliphatic rings. The number of aliphatic hydroxyl groups excluding tert-OH is 15. The Labute approximate surface area is 494 Å². The molecule has 5 aliphatic heterocycles. The van der Waals surface area contributed by atoms with Gasteiger partial charge in [-0.3, -0.25) is 4.79 Å². The van der Waals surface area contributed by atoms with Crippen LogP contribution in [0.15, 0.2) is 11.6 Å². The molecule has 5 aliphatic carbocycles. The van der Waals surface area contributed by atoms with Crippen molar-refractivity contribution in [2.45, 2.75) is 280 Å². The largest absolute Gasteiger partial charge is 0.432 e. The van der Waals surface area contributed by atoms with Gasteiger partial charge in [-0.05, 0) is 118 Å². The van der Waals surface area contributed by atoms with Gasteiger partial charge >= 0.3 is 5.97 Å². The van der Waals surface area contributed by atoms with E-state index in [0.29, 0.717) is 44.9 Å². The highest BCUT2D eigenvalue weighted by Gasteiger charge is 2.73. The maximum Gasteiger partial charge on any atom is 0.317 e. The maximum absolute atomic E-state index is 15.5. The summed E-state index contributed by atoms with van der Waals surface area (Å²) < 4.78 is 59.7. The summed E-state index contributed by atoms with van der Waals surface area (Å²) in [7, 11) is 0. The van der Waals surface area contributed by atoms with Crippen LogP contribution in [0, 0.1) is 50.2 Å². The van der Waals surface area contributed by atoms with Gasteiger partial charge < -0.3 is 124 Å². The lowest BCUT2D eigenvalue weighted by Crippen LogP contribution is -2.69. The molecule has 5 heterocycles. The average molecular weight is 1220 g/mol. The minimum Gasteiger partial charge on any atom is -0.432 e. The Kier molecular flexibility index (Phi) is 18.7. The first-order valence-corrected chi connectivity index (χ1v) is 30.6. The third-order valence-corrected chi connectivity index (χ3v) is 23.2. The van der Waals surface area contributed by atoms with Crippen LogP contribution in [0.1, 0.15) is 120 Å². The molecule has 85 heavy (non-hydrogen) atoms. The molecule has 0 radical (unpaired) electrons. The molecule has 0 aromatic rings. The SMILES string of the molecule is C[C@@H]1O[C@@H](O[C@@H]2[C@@H](O)[C@H](O[C@@H]3[C@@H](O)[C@@H](O)[C@H](O[C@H]4[C@H](OC(=O)[C@]56CCC(C)(C)C[C@H]5C5=CC[C@@H]7[C@@]8(C)CC[C@H](O[C@@H]9O[C@H](CO)[C@@H](O)[C@H](O)[C@H]9O)[C@@](C)(CO)[C@@H]8CC[C@@]7(C)[C@]5(C)C[C@H]6O)O[C@H](C)[C@H](O)[C@@H]4O)O[C@H]3C)OC[C@H]2O)[C@H](O)[C@H](O)[C@H]1O. The fraction of sp³-hybridized carbons (Fsp3) is 0.949. The van der Waals surface area contributed by atoms with Gasteiger partial charge in [-0.15, -0.1) is 0 Å². The average Bonchev–Trinajstić information content (AvgIpc) is 0.752. The van der Waals surface area contributed by atoms with Crippen LogP contribution in [0.2, 0.25) is 0 Å². The molecule has 488 valence electrons. The standard InChI is InChI=1S/C59H96O26/c1-23-34(64)37(67)41(71)49(77-23)83-46-28(62)21-76-48(44(46)74)82-45-25(3)79-50(43(73)40(45)70)84-47-39(69)35(65)24(2)78-52(47)85-53(75)59-17-16-54(4,5)18-27(59)26-10-11-31-55(6)14-13-33(81-51-42(72)38(68)36(66)29(20-60)80-51)56(7,22-61)30(55)12-15-57(31,8)58(26,9)19-32(59)63/h10,23-25,27-52,60-74H,11-22H2,1-9H3/t23-,24+,25-,27-,28+,29+,30+,31+,32+,33-,34-,35-,36+,37+,38-,39-,40-,41+,42+,43+,44+,45-,46-,47+,48-,49-,50-,51-,52-,55-,56-,57+,58+,59+/m0/s1. The molecule has 0 unspecified atom stereocenters. The lowest BCUT2D eigenvalue weighted by Gasteiger charge is -2.72. The van der Waals surface area contributed by atoms with Crippen molar-refractivity contribution in [3.05, 3.63) is 11.6 Å². The Morgan fingerprint density at radius 1 is 0.553 bits per heavy atom. The second-order valence-corrected chi connectivity index (χ2v) is 28.5. The number of carbonyl (C=O) groups is 1. The number of allylic oxidation sites excluding steroid dienone is 2. The van der Waals surface area contributed by atoms with Crippen LogP contribution in [0.4, 0.5) is 0 Å². The van der Waals surface area contributed by atoms with Gasteiger partial charge in [0.15, 0.2) is 31.3 Å². The van der Waals surface area contributed by atoms with E-state index in [9.17, 15) is 76.6 Å². The molecule has 9 fully saturated rings. The third kappa shape index (κ3) is 10.8. The molecule has 0 spiro atoms. The van der Waals surface area contributed by atoms with Gasteiger partial charge in [0.05, 0.1) is 50.3 Å². The quantitative estimate of drug-likeness (QED) is 0.0544. The van der Waals surface area contributed by atoms with E-state index >= 15 is 4.79 Å². The lowest BCUT2D eigenvalue weighted by molar-refractivity contribution is -0.380. The van der Waals surface area contributed by atoms with E-state index in [4.69, 9.17) is 47.4 Å². The van der Waals surface area contributed by atoms with Gasteiger partial charge in [-0.2, -0.15) is 0 Å². The summed E-state index contributed by atoms with van der Waals surface area (Å²) in [6.45, 7) is 16.0. The summed E-state index contributed by atoms with van der Waals surface area (Å²) in [5, 5.41) is 166. The van der Waals surface area contributed by atoms with Gasteiger partial charge in [0, 0.05) is 5.41 Å². The number of rotatable bonds is 12. The zero-order chi connectivity index (χ0) is 62.2. The van der Waals surface area contributed by atoms with Crippen LogP contribution in [0.3, 0.4) is 0 Å². The van der Waals surface area contributed by atoms with Crippen LogP contribution in [0.5, 0.6) is 0 Å². The van der Waals surface area contributed by atoms with Crippen molar-refractivity contribution in [2.24, 2.45) is 50.2 Å². The van der Waals surface area contributed by atoms with Gasteiger partial charge in [-0.1, -0.05) is 53.2 Å². The molecular weight excluding hydrogens is 1120 g/mol. The molecule has 5 saturated heterocycles. The third-order valence-electron chi connectivity index (χ3n) is 23.2. The van der Waals surface area contributed by atoms with Crippen molar-refractivity contribution in [2.75, 3.05) is 19.8 Å². The first-order chi connectivity index (χ1) is 39.7. The molecule has 0 amide bonds. The number of esters is 1. The molecule has 0 aromatic heterocycles. The van der Waals surface area contributed by atoms with E-state index in [1.165, 1.54) is 20.8 Å². The second kappa shape index (κ2) is 24.1. The van der Waals surface area contributed by atoms with Crippen molar-refractivity contribution in [1.82, 2.24) is 0 Å². The minimum atomic E-state index is -1.97. The van der Waals surface area contributed by atoms with Crippen LogP contribution in [0.25, 0.3) is 0 Å². The van der Waals surface area contributed by atoms with Crippen molar-refractivity contribution < 1.29 is 129 Å². The van der Waals surface area contributed by atoms with E-state index in [2.05, 4.69) is 40.7 Å². The summed E-state index contributed by atoms with van der Waals surface area (Å²) in [6, 6.07) is 0. The van der Waals surface area contributed by atoms with Crippen molar-refractivity contribution >= 4 is 5.97 Å². The summed E-state index contributed by atoms with van der Waals surface area (Å²) in [5.74, 6) is -1.41.